The molecule has 2 aromatic rings. The molecule has 2 aromatic carbocycles. The topological polar surface area (TPSA) is 113 Å². The summed E-state index contributed by atoms with van der Waals surface area (Å²) in [6.45, 7) is 2.72. The molecule has 0 radical (unpaired) electrons. The van der Waals surface area contributed by atoms with Gasteiger partial charge in [-0.2, -0.15) is 4.31 Å². The molecule has 0 aromatic heterocycles. The highest BCUT2D eigenvalue weighted by Crippen LogP contribution is 2.29. The van der Waals surface area contributed by atoms with E-state index in [4.69, 9.17) is 27.9 Å². The van der Waals surface area contributed by atoms with Crippen LogP contribution in [0.1, 0.15) is 19.8 Å². The molecule has 1 heterocycles. The van der Waals surface area contributed by atoms with Crippen molar-refractivity contribution in [1.82, 2.24) is 9.62 Å². The van der Waals surface area contributed by atoms with E-state index in [0.29, 0.717) is 18.8 Å². The van der Waals surface area contributed by atoms with Gasteiger partial charge in [0, 0.05) is 13.1 Å². The lowest BCUT2D eigenvalue weighted by Gasteiger charge is -2.28. The van der Waals surface area contributed by atoms with Crippen molar-refractivity contribution in [3.8, 4) is 5.75 Å². The van der Waals surface area contributed by atoms with Crippen LogP contribution in [0.25, 0.3) is 0 Å². The molecule has 13 heteroatoms. The second kappa shape index (κ2) is 11.3. The van der Waals surface area contributed by atoms with Gasteiger partial charge in [0.2, 0.25) is 26.0 Å². The van der Waals surface area contributed by atoms with E-state index >= 15 is 0 Å². The number of rotatable bonds is 10. The van der Waals surface area contributed by atoms with E-state index in [2.05, 4.69) is 5.32 Å². The molecule has 0 spiro atoms. The van der Waals surface area contributed by atoms with Crippen LogP contribution in [-0.2, 0) is 24.8 Å². The van der Waals surface area contributed by atoms with Gasteiger partial charge in [-0.05, 0) is 62.2 Å². The summed E-state index contributed by atoms with van der Waals surface area (Å²) in [6.07, 6.45) is 2.72. The zero-order chi connectivity index (χ0) is 25.8. The van der Waals surface area contributed by atoms with E-state index in [1.54, 1.807) is 12.1 Å². The van der Waals surface area contributed by atoms with Crippen LogP contribution in [0.2, 0.25) is 10.0 Å². The Kier molecular flexibility index (Phi) is 8.92. The third-order valence-electron chi connectivity index (χ3n) is 5.44. The molecule has 1 N–H and O–H groups in total. The van der Waals surface area contributed by atoms with Crippen LogP contribution >= 0.6 is 23.2 Å². The van der Waals surface area contributed by atoms with Crippen LogP contribution in [0.3, 0.4) is 0 Å². The van der Waals surface area contributed by atoms with Crippen molar-refractivity contribution in [3.05, 3.63) is 52.5 Å². The quantitative estimate of drug-likeness (QED) is 0.444. The van der Waals surface area contributed by atoms with Gasteiger partial charge < -0.3 is 10.1 Å². The van der Waals surface area contributed by atoms with E-state index < -0.39 is 32.0 Å². The summed E-state index contributed by atoms with van der Waals surface area (Å²) in [6, 6.07) is 9.35. The molecule has 3 rings (SSSR count). The normalized spacial score (nSPS) is 15.5. The number of carbonyl (C=O) groups is 1. The highest BCUT2D eigenvalue weighted by molar-refractivity contribution is 7.92. The Hall–Kier alpha value is -2.05. The lowest BCUT2D eigenvalue weighted by Crippen LogP contribution is -2.48. The first-order chi connectivity index (χ1) is 16.4. The largest absolute Gasteiger partial charge is 0.492 e. The molecular weight excluding hydrogens is 537 g/mol. The number of amides is 1. The summed E-state index contributed by atoms with van der Waals surface area (Å²) < 4.78 is 57.9. The molecule has 35 heavy (non-hydrogen) atoms. The molecule has 1 aliphatic rings. The molecule has 1 amide bonds. The molecule has 1 saturated heterocycles. The van der Waals surface area contributed by atoms with Crippen LogP contribution in [-0.4, -0.2) is 65.6 Å². The number of hydrogen-bond acceptors (Lipinski definition) is 6. The number of sulfonamides is 2. The molecule has 1 aliphatic heterocycles. The highest BCUT2D eigenvalue weighted by atomic mass is 35.5. The maximum Gasteiger partial charge on any atom is 0.243 e. The Morgan fingerprint density at radius 1 is 1.06 bits per heavy atom. The van der Waals surface area contributed by atoms with Gasteiger partial charge >= 0.3 is 0 Å². The number of nitrogens with zero attached hydrogens (tertiary/aromatic N) is 2. The first-order valence-electron chi connectivity index (χ1n) is 10.9. The van der Waals surface area contributed by atoms with Gasteiger partial charge in [-0.1, -0.05) is 23.2 Å². The maximum atomic E-state index is 12.6. The molecule has 9 nitrogen and oxygen atoms in total. The van der Waals surface area contributed by atoms with Crippen molar-refractivity contribution in [1.29, 1.82) is 0 Å². The predicted molar refractivity (Wildman–Crippen MR) is 136 cm³/mol. The molecule has 192 valence electrons. The molecule has 0 bridgehead atoms. The van der Waals surface area contributed by atoms with E-state index in [1.807, 2.05) is 0 Å². The number of ether oxygens (including phenoxy) is 1. The van der Waals surface area contributed by atoms with E-state index in [-0.39, 0.29) is 33.8 Å². The monoisotopic (exact) mass is 563 g/mol. The van der Waals surface area contributed by atoms with Gasteiger partial charge in [-0.3, -0.25) is 9.10 Å². The highest BCUT2D eigenvalue weighted by Gasteiger charge is 2.29. The van der Waals surface area contributed by atoms with Gasteiger partial charge in [0.25, 0.3) is 0 Å². The summed E-state index contributed by atoms with van der Waals surface area (Å²) in [7, 11) is -7.30. The minimum atomic E-state index is -3.80. The standard InChI is InChI=1S/C22H27Cl2N3O6S2/c1-16(27(34(2,29)30)17-5-10-20(23)21(24)15-17)22(28)25-11-14-33-18-6-8-19(9-7-18)35(31,32)26-12-3-4-13-26/h5-10,15-16H,3-4,11-14H2,1-2H3,(H,25,28)/t16-/m0/s1. The van der Waals surface area contributed by atoms with E-state index in [9.17, 15) is 21.6 Å². The third-order valence-corrected chi connectivity index (χ3v) is 9.34. The van der Waals surface area contributed by atoms with Crippen LogP contribution in [0.15, 0.2) is 47.4 Å². The van der Waals surface area contributed by atoms with Crippen molar-refractivity contribution in [3.63, 3.8) is 0 Å². The molecule has 1 fully saturated rings. The summed E-state index contributed by atoms with van der Waals surface area (Å²) in [4.78, 5) is 12.9. The van der Waals surface area contributed by atoms with Crippen molar-refractivity contribution in [2.24, 2.45) is 0 Å². The fraction of sp³-hybridized carbons (Fsp3) is 0.409. The predicted octanol–water partition coefficient (Wildman–Crippen LogP) is 3.13. The van der Waals surface area contributed by atoms with Crippen LogP contribution in [0, 0.1) is 0 Å². The minimum Gasteiger partial charge on any atom is -0.492 e. The van der Waals surface area contributed by atoms with Crippen LogP contribution < -0.4 is 14.4 Å². The zero-order valence-electron chi connectivity index (χ0n) is 19.3. The fourth-order valence-electron chi connectivity index (χ4n) is 3.71. The smallest absolute Gasteiger partial charge is 0.243 e. The lowest BCUT2D eigenvalue weighted by molar-refractivity contribution is -0.121. The molecular formula is C22H27Cl2N3O6S2. The van der Waals surface area contributed by atoms with Crippen molar-refractivity contribution in [2.75, 3.05) is 36.8 Å². The maximum absolute atomic E-state index is 12.6. The van der Waals surface area contributed by atoms with Gasteiger partial charge in [0.15, 0.2) is 0 Å². The number of anilines is 1. The molecule has 1 atom stereocenters. The van der Waals surface area contributed by atoms with Crippen molar-refractivity contribution in [2.45, 2.75) is 30.7 Å². The Bertz CT molecular complexity index is 1260. The number of hydrogen-bond donors (Lipinski definition) is 1. The van der Waals surface area contributed by atoms with E-state index in [1.165, 1.54) is 41.6 Å². The van der Waals surface area contributed by atoms with Gasteiger partial charge in [0.05, 0.1) is 33.4 Å². The summed E-state index contributed by atoms with van der Waals surface area (Å²) in [5.41, 5.74) is 0.213. The summed E-state index contributed by atoms with van der Waals surface area (Å²) in [5.74, 6) is -0.0848. The van der Waals surface area contributed by atoms with Gasteiger partial charge in [0.1, 0.15) is 18.4 Å². The number of halogens is 2. The number of nitrogens with one attached hydrogen (secondary N) is 1. The Balaban J connectivity index is 1.55. The van der Waals surface area contributed by atoms with Gasteiger partial charge in [-0.25, -0.2) is 16.8 Å². The Morgan fingerprint density at radius 3 is 2.26 bits per heavy atom. The third kappa shape index (κ3) is 6.79. The van der Waals surface area contributed by atoms with Gasteiger partial charge in [-0.15, -0.1) is 0 Å². The van der Waals surface area contributed by atoms with Crippen molar-refractivity contribution >= 4 is 54.8 Å². The average molecular weight is 565 g/mol. The van der Waals surface area contributed by atoms with Crippen molar-refractivity contribution < 1.29 is 26.4 Å². The van der Waals surface area contributed by atoms with Crippen LogP contribution in [0.4, 0.5) is 5.69 Å². The molecule has 0 saturated carbocycles. The molecule has 0 unspecified atom stereocenters. The molecule has 0 aliphatic carbocycles. The SMILES string of the molecule is C[C@@H](C(=O)NCCOc1ccc(S(=O)(=O)N2CCCC2)cc1)N(c1ccc(Cl)c(Cl)c1)S(C)(=O)=O. The van der Waals surface area contributed by atoms with Crippen LogP contribution in [0.5, 0.6) is 5.75 Å². The van der Waals surface area contributed by atoms with E-state index in [0.717, 1.165) is 23.4 Å². The number of carbonyl (C=O) groups excluding carboxylic acids is 1. The second-order valence-electron chi connectivity index (χ2n) is 8.06. The summed E-state index contributed by atoms with van der Waals surface area (Å²) in [5, 5.41) is 3.07. The summed E-state index contributed by atoms with van der Waals surface area (Å²) >= 11 is 11.9. The zero-order valence-corrected chi connectivity index (χ0v) is 22.4. The lowest BCUT2D eigenvalue weighted by atomic mass is 10.2. The first kappa shape index (κ1) is 27.5. The Morgan fingerprint density at radius 2 is 1.69 bits per heavy atom. The minimum absolute atomic E-state index is 0.0995. The second-order valence-corrected chi connectivity index (χ2v) is 12.7. The fourth-order valence-corrected chi connectivity index (χ4v) is 6.68. The average Bonchev–Trinajstić information content (AvgIpc) is 3.34. The Labute approximate surface area is 216 Å². The number of benzene rings is 2. The first-order valence-corrected chi connectivity index (χ1v) is 14.9.